The van der Waals surface area contributed by atoms with E-state index >= 15 is 0 Å². The predicted molar refractivity (Wildman–Crippen MR) is 94.1 cm³/mol. The van der Waals surface area contributed by atoms with Crippen molar-refractivity contribution in [2.75, 3.05) is 19.7 Å². The Hall–Kier alpha value is -0.620. The lowest BCUT2D eigenvalue weighted by atomic mass is 9.86. The van der Waals surface area contributed by atoms with Gasteiger partial charge in [-0.1, -0.05) is 48.8 Å². The summed E-state index contributed by atoms with van der Waals surface area (Å²) < 4.78 is 6.82. The summed E-state index contributed by atoms with van der Waals surface area (Å²) >= 11 is 3.47. The maximum absolute atomic E-state index is 12.5. The maximum Gasteiger partial charge on any atom is 0.240 e. The Kier molecular flexibility index (Phi) is 6.86. The van der Waals surface area contributed by atoms with Crippen molar-refractivity contribution >= 4 is 34.2 Å². The first-order chi connectivity index (χ1) is 9.79. The Balaban J connectivity index is 0.00000242. The van der Waals surface area contributed by atoms with E-state index in [1.165, 1.54) is 0 Å². The summed E-state index contributed by atoms with van der Waals surface area (Å²) in [6.45, 7) is 7.66. The summed E-state index contributed by atoms with van der Waals surface area (Å²) in [5.74, 6) is 0.00537. The summed E-state index contributed by atoms with van der Waals surface area (Å²) in [5.41, 5.74) is 6.93. The van der Waals surface area contributed by atoms with Gasteiger partial charge in [0.1, 0.15) is 6.10 Å². The quantitative estimate of drug-likeness (QED) is 0.842. The molecule has 6 heteroatoms. The summed E-state index contributed by atoms with van der Waals surface area (Å²) in [4.78, 5) is 14.3. The van der Waals surface area contributed by atoms with Crippen LogP contribution in [0.4, 0.5) is 0 Å². The molecule has 0 aliphatic carbocycles. The van der Waals surface area contributed by atoms with Gasteiger partial charge >= 0.3 is 0 Å². The van der Waals surface area contributed by atoms with Crippen molar-refractivity contribution in [3.63, 3.8) is 0 Å². The Morgan fingerprint density at radius 3 is 2.73 bits per heavy atom. The Morgan fingerprint density at radius 1 is 1.45 bits per heavy atom. The number of amides is 1. The monoisotopic (exact) mass is 390 g/mol. The number of carbonyl (C=O) groups is 1. The lowest BCUT2D eigenvalue weighted by Gasteiger charge is -2.37. The average Bonchev–Trinajstić information content (AvgIpc) is 2.45. The lowest BCUT2D eigenvalue weighted by molar-refractivity contribution is -0.142. The first-order valence-corrected chi connectivity index (χ1v) is 8.00. The zero-order chi connectivity index (χ0) is 15.6. The fraction of sp³-hybridized carbons (Fsp3) is 0.562. The van der Waals surface area contributed by atoms with Crippen LogP contribution in [0.25, 0.3) is 0 Å². The van der Waals surface area contributed by atoms with Crippen LogP contribution in [-0.2, 0) is 9.53 Å². The molecule has 2 N–H and O–H groups in total. The molecule has 1 fully saturated rings. The summed E-state index contributed by atoms with van der Waals surface area (Å²) in [6, 6.07) is 7.52. The minimum Gasteiger partial charge on any atom is -0.370 e. The van der Waals surface area contributed by atoms with Crippen molar-refractivity contribution in [3.8, 4) is 0 Å². The molecule has 0 aromatic heterocycles. The van der Waals surface area contributed by atoms with Gasteiger partial charge in [0.05, 0.1) is 19.2 Å². The third kappa shape index (κ3) is 4.69. The van der Waals surface area contributed by atoms with Crippen LogP contribution in [0.1, 0.15) is 32.4 Å². The molecule has 22 heavy (non-hydrogen) atoms. The second kappa shape index (κ2) is 7.77. The van der Waals surface area contributed by atoms with Gasteiger partial charge < -0.3 is 15.4 Å². The van der Waals surface area contributed by atoms with E-state index in [4.69, 9.17) is 10.5 Å². The van der Waals surface area contributed by atoms with Crippen molar-refractivity contribution in [1.82, 2.24) is 4.90 Å². The Morgan fingerprint density at radius 2 is 2.14 bits per heavy atom. The number of nitrogens with two attached hydrogens (primary N) is 1. The molecule has 2 rings (SSSR count). The Bertz CT molecular complexity index is 519. The molecule has 1 aliphatic heterocycles. The molecule has 2 atom stereocenters. The van der Waals surface area contributed by atoms with Crippen molar-refractivity contribution in [3.05, 3.63) is 34.3 Å². The van der Waals surface area contributed by atoms with Gasteiger partial charge in [-0.25, -0.2) is 0 Å². The normalized spacial score (nSPS) is 20.2. The molecule has 1 aliphatic rings. The summed E-state index contributed by atoms with van der Waals surface area (Å²) in [5, 5.41) is 0. The van der Waals surface area contributed by atoms with Crippen LogP contribution in [0.2, 0.25) is 0 Å². The molecular weight excluding hydrogens is 368 g/mol. The third-order valence-electron chi connectivity index (χ3n) is 3.80. The van der Waals surface area contributed by atoms with E-state index in [9.17, 15) is 4.79 Å². The number of hydrogen-bond donors (Lipinski definition) is 1. The SMILES string of the molecule is CC(C)(C)[C@H](N)C(=O)N1CCOC(c2cccc(Br)c2)C1.Cl. The molecule has 0 saturated carbocycles. The van der Waals surface area contributed by atoms with Gasteiger partial charge in [-0.2, -0.15) is 0 Å². The first kappa shape index (κ1) is 19.4. The first-order valence-electron chi connectivity index (χ1n) is 7.20. The van der Waals surface area contributed by atoms with Crippen molar-refractivity contribution in [1.29, 1.82) is 0 Å². The van der Waals surface area contributed by atoms with E-state index in [2.05, 4.69) is 15.9 Å². The van der Waals surface area contributed by atoms with Gasteiger partial charge in [-0.15, -0.1) is 12.4 Å². The van der Waals surface area contributed by atoms with Crippen molar-refractivity contribution < 1.29 is 9.53 Å². The number of benzene rings is 1. The van der Waals surface area contributed by atoms with Crippen LogP contribution in [0.5, 0.6) is 0 Å². The topological polar surface area (TPSA) is 55.6 Å². The van der Waals surface area contributed by atoms with Crippen LogP contribution in [0.15, 0.2) is 28.7 Å². The fourth-order valence-corrected chi connectivity index (χ4v) is 2.74. The highest BCUT2D eigenvalue weighted by molar-refractivity contribution is 9.10. The standard InChI is InChI=1S/C16H23BrN2O2.ClH/c1-16(2,3)14(18)15(20)19-7-8-21-13(10-19)11-5-4-6-12(17)9-11;/h4-6,9,13-14H,7-8,10,18H2,1-3H3;1H/t13?,14-;/m1./s1. The highest BCUT2D eigenvalue weighted by Crippen LogP contribution is 2.26. The van der Waals surface area contributed by atoms with E-state index in [-0.39, 0.29) is 29.8 Å². The molecule has 4 nitrogen and oxygen atoms in total. The number of nitrogens with zero attached hydrogens (tertiary/aromatic N) is 1. The molecule has 1 aromatic rings. The summed E-state index contributed by atoms with van der Waals surface area (Å²) in [6.07, 6.45) is -0.0904. The van der Waals surface area contributed by atoms with Gasteiger partial charge in [0.2, 0.25) is 5.91 Å². The van der Waals surface area contributed by atoms with Crippen LogP contribution in [0.3, 0.4) is 0 Å². The third-order valence-corrected chi connectivity index (χ3v) is 4.29. The predicted octanol–water partition coefficient (Wildman–Crippen LogP) is 3.14. The van der Waals surface area contributed by atoms with Gasteiger partial charge in [-0.05, 0) is 23.1 Å². The number of carbonyl (C=O) groups excluding carboxylic acids is 1. The van der Waals surface area contributed by atoms with Gasteiger partial charge in [0.15, 0.2) is 0 Å². The highest BCUT2D eigenvalue weighted by atomic mass is 79.9. The van der Waals surface area contributed by atoms with E-state index in [1.54, 1.807) is 0 Å². The fourth-order valence-electron chi connectivity index (χ4n) is 2.33. The second-order valence-corrected chi connectivity index (χ2v) is 7.46. The van der Waals surface area contributed by atoms with Gasteiger partial charge in [-0.3, -0.25) is 4.79 Å². The molecule has 0 bridgehead atoms. The van der Waals surface area contributed by atoms with E-state index in [0.717, 1.165) is 10.0 Å². The smallest absolute Gasteiger partial charge is 0.240 e. The number of rotatable bonds is 2. The van der Waals surface area contributed by atoms with Crippen molar-refractivity contribution in [2.24, 2.45) is 11.1 Å². The maximum atomic E-state index is 12.5. The second-order valence-electron chi connectivity index (χ2n) is 6.54. The molecule has 0 radical (unpaired) electrons. The van der Waals surface area contributed by atoms with Crippen LogP contribution < -0.4 is 5.73 Å². The van der Waals surface area contributed by atoms with E-state index < -0.39 is 6.04 Å². The molecule has 1 aromatic carbocycles. The number of hydrogen-bond acceptors (Lipinski definition) is 3. The number of ether oxygens (including phenoxy) is 1. The molecule has 124 valence electrons. The molecule has 1 saturated heterocycles. The number of morpholine rings is 1. The van der Waals surface area contributed by atoms with Crippen LogP contribution in [0, 0.1) is 5.41 Å². The molecule has 1 heterocycles. The Labute approximate surface area is 146 Å². The number of halogens is 2. The minimum atomic E-state index is -0.487. The minimum absolute atomic E-state index is 0. The summed E-state index contributed by atoms with van der Waals surface area (Å²) in [7, 11) is 0. The lowest BCUT2D eigenvalue weighted by Crippen LogP contribution is -2.53. The van der Waals surface area contributed by atoms with E-state index in [0.29, 0.717) is 19.7 Å². The van der Waals surface area contributed by atoms with Crippen LogP contribution >= 0.6 is 28.3 Å². The molecule has 1 unspecified atom stereocenters. The van der Waals surface area contributed by atoms with Crippen LogP contribution in [-0.4, -0.2) is 36.5 Å². The highest BCUT2D eigenvalue weighted by Gasteiger charge is 2.34. The molecule has 1 amide bonds. The van der Waals surface area contributed by atoms with E-state index in [1.807, 2.05) is 49.9 Å². The zero-order valence-electron chi connectivity index (χ0n) is 13.2. The largest absolute Gasteiger partial charge is 0.370 e. The van der Waals surface area contributed by atoms with Gasteiger partial charge in [0, 0.05) is 11.0 Å². The molecular formula is C16H24BrClN2O2. The van der Waals surface area contributed by atoms with Crippen molar-refractivity contribution in [2.45, 2.75) is 32.9 Å². The molecule has 0 spiro atoms. The average molecular weight is 392 g/mol. The zero-order valence-corrected chi connectivity index (χ0v) is 15.6. The van der Waals surface area contributed by atoms with Gasteiger partial charge in [0.25, 0.3) is 0 Å².